The summed E-state index contributed by atoms with van der Waals surface area (Å²) in [6.07, 6.45) is 3.80. The third kappa shape index (κ3) is 4.14. The molecule has 0 saturated carbocycles. The largest absolute Gasteiger partial charge is 0.328 e. The third-order valence-electron chi connectivity index (χ3n) is 6.41. The maximum absolute atomic E-state index is 13.6. The zero-order valence-electron chi connectivity index (χ0n) is 19.2. The molecular formula is C22H24FN7O4S. The fraction of sp³-hybridized carbons (Fsp3) is 0.409. The number of pyridine rings is 1. The fourth-order valence-electron chi connectivity index (χ4n) is 4.63. The predicted octanol–water partition coefficient (Wildman–Crippen LogP) is 0.555. The van der Waals surface area contributed by atoms with Gasteiger partial charge in [-0.1, -0.05) is 6.92 Å². The molecule has 3 aromatic heterocycles. The number of aryl methyl sites for hydroxylation is 1. The lowest BCUT2D eigenvalue weighted by molar-refractivity contribution is -0.116. The Morgan fingerprint density at radius 2 is 2.11 bits per heavy atom. The van der Waals surface area contributed by atoms with Crippen molar-refractivity contribution in [2.75, 3.05) is 24.7 Å². The molecule has 0 aliphatic carbocycles. The van der Waals surface area contributed by atoms with Gasteiger partial charge >= 0.3 is 0 Å². The highest BCUT2D eigenvalue weighted by molar-refractivity contribution is 7.81. The maximum Gasteiger partial charge on any atom is 0.280 e. The van der Waals surface area contributed by atoms with Gasteiger partial charge in [-0.15, -0.1) is 0 Å². The number of hydrogen-bond acceptors (Lipinski definition) is 6. The Balaban J connectivity index is 1.53. The molecule has 2 atom stereocenters. The minimum absolute atomic E-state index is 0.0975. The second-order valence-electron chi connectivity index (χ2n) is 8.57. The highest BCUT2D eigenvalue weighted by Gasteiger charge is 2.41. The molecule has 2 aliphatic heterocycles. The standard InChI is InChI=1S/C22H24FN7O4S/c1-3-14-8-19-29(12-18(31)25-17-5-4-13(23)9-24-17)20-16(21(32)30(19)26-14)11-28(22(20)33)15-6-7-27(10-15)35(2)34/h4-5,8-9,15H,3,6-7,10-12H2,1-2H3,(H,24,25,31). The van der Waals surface area contributed by atoms with Crippen molar-refractivity contribution in [3.05, 3.63) is 57.5 Å². The van der Waals surface area contributed by atoms with Crippen molar-refractivity contribution in [2.45, 2.75) is 38.9 Å². The van der Waals surface area contributed by atoms with Crippen LogP contribution in [0.3, 0.4) is 0 Å². The first-order chi connectivity index (χ1) is 16.8. The topological polar surface area (TPSA) is 122 Å². The van der Waals surface area contributed by atoms with E-state index in [1.807, 2.05) is 6.92 Å². The molecule has 5 rings (SSSR count). The molecule has 3 aromatic rings. The van der Waals surface area contributed by atoms with Crippen LogP contribution in [0.15, 0.2) is 29.2 Å². The number of carbonyl (C=O) groups excluding carboxylic acids is 2. The summed E-state index contributed by atoms with van der Waals surface area (Å²) in [5, 5.41) is 6.97. The van der Waals surface area contributed by atoms with Gasteiger partial charge in [0.15, 0.2) is 0 Å². The Morgan fingerprint density at radius 3 is 2.77 bits per heavy atom. The molecule has 0 radical (unpaired) electrons. The van der Waals surface area contributed by atoms with Gasteiger partial charge in [-0.2, -0.15) is 9.61 Å². The summed E-state index contributed by atoms with van der Waals surface area (Å²) in [6, 6.07) is 4.02. The van der Waals surface area contributed by atoms with Crippen molar-refractivity contribution in [2.24, 2.45) is 0 Å². The van der Waals surface area contributed by atoms with Gasteiger partial charge in [0.1, 0.15) is 29.5 Å². The molecule has 13 heteroatoms. The van der Waals surface area contributed by atoms with Gasteiger partial charge in [0.2, 0.25) is 5.91 Å². The zero-order chi connectivity index (χ0) is 24.9. The number of nitrogens with zero attached hydrogens (tertiary/aromatic N) is 6. The first kappa shape index (κ1) is 23.3. The summed E-state index contributed by atoms with van der Waals surface area (Å²) in [6.45, 7) is 2.77. The molecule has 0 bridgehead atoms. The van der Waals surface area contributed by atoms with E-state index >= 15 is 0 Å². The Bertz CT molecular complexity index is 1420. The molecule has 2 amide bonds. The van der Waals surface area contributed by atoms with E-state index in [0.717, 1.165) is 6.20 Å². The Hall–Kier alpha value is -3.45. The van der Waals surface area contributed by atoms with Crippen LogP contribution in [0.1, 0.15) is 35.1 Å². The predicted molar refractivity (Wildman–Crippen MR) is 126 cm³/mol. The zero-order valence-corrected chi connectivity index (χ0v) is 20.0. The molecule has 2 aliphatic rings. The van der Waals surface area contributed by atoms with Crippen molar-refractivity contribution in [3.8, 4) is 0 Å². The SMILES string of the molecule is CCc1cc2n(CC(=O)Nc3ccc(F)cn3)c3c(c(=O)n2n1)CN(C1CCN(S(C)=O)C1)C3=O. The number of rotatable bonds is 6. The van der Waals surface area contributed by atoms with Crippen molar-refractivity contribution < 1.29 is 18.2 Å². The second kappa shape index (κ2) is 8.96. The van der Waals surface area contributed by atoms with Gasteiger partial charge in [0.05, 0.1) is 35.0 Å². The smallest absolute Gasteiger partial charge is 0.280 e. The van der Waals surface area contributed by atoms with Crippen LogP contribution in [-0.2, 0) is 35.3 Å². The third-order valence-corrected chi connectivity index (χ3v) is 7.46. The van der Waals surface area contributed by atoms with Gasteiger partial charge < -0.3 is 14.8 Å². The number of aromatic nitrogens is 4. The Kier molecular flexibility index (Phi) is 5.97. The Labute approximate surface area is 202 Å². The van der Waals surface area contributed by atoms with E-state index in [1.165, 1.54) is 21.2 Å². The van der Waals surface area contributed by atoms with Crippen molar-refractivity contribution >= 4 is 34.3 Å². The van der Waals surface area contributed by atoms with Crippen LogP contribution >= 0.6 is 0 Å². The number of amides is 2. The van der Waals surface area contributed by atoms with Crippen molar-refractivity contribution in [3.63, 3.8) is 0 Å². The van der Waals surface area contributed by atoms with Crippen LogP contribution in [-0.4, -0.2) is 69.8 Å². The van der Waals surface area contributed by atoms with E-state index in [4.69, 9.17) is 0 Å². The normalized spacial score (nSPS) is 18.9. The summed E-state index contributed by atoms with van der Waals surface area (Å²) in [5.74, 6) is -1.20. The van der Waals surface area contributed by atoms with Crippen molar-refractivity contribution in [1.82, 2.24) is 28.4 Å². The van der Waals surface area contributed by atoms with Gasteiger partial charge in [-0.05, 0) is 25.0 Å². The van der Waals surface area contributed by atoms with Gasteiger partial charge in [0, 0.05) is 31.5 Å². The maximum atomic E-state index is 13.6. The molecule has 1 fully saturated rings. The molecule has 1 saturated heterocycles. The molecule has 1 N–H and O–H groups in total. The lowest BCUT2D eigenvalue weighted by atomic mass is 10.2. The molecular weight excluding hydrogens is 477 g/mol. The van der Waals surface area contributed by atoms with E-state index in [2.05, 4.69) is 15.4 Å². The summed E-state index contributed by atoms with van der Waals surface area (Å²) in [4.78, 5) is 45.2. The highest BCUT2D eigenvalue weighted by Crippen LogP contribution is 2.28. The molecule has 184 valence electrons. The molecule has 2 unspecified atom stereocenters. The minimum atomic E-state index is -1.15. The summed E-state index contributed by atoms with van der Waals surface area (Å²) < 4.78 is 29.6. The summed E-state index contributed by atoms with van der Waals surface area (Å²) >= 11 is 0. The summed E-state index contributed by atoms with van der Waals surface area (Å²) in [7, 11) is -1.15. The van der Waals surface area contributed by atoms with Crippen LogP contribution in [0.2, 0.25) is 0 Å². The van der Waals surface area contributed by atoms with E-state index < -0.39 is 28.3 Å². The first-order valence-corrected chi connectivity index (χ1v) is 12.7. The van der Waals surface area contributed by atoms with Crippen LogP contribution in [0.25, 0.3) is 5.65 Å². The minimum Gasteiger partial charge on any atom is -0.328 e. The quantitative estimate of drug-likeness (QED) is 0.527. The monoisotopic (exact) mass is 501 g/mol. The highest BCUT2D eigenvalue weighted by atomic mass is 32.2. The van der Waals surface area contributed by atoms with Crippen LogP contribution in [0.4, 0.5) is 10.2 Å². The van der Waals surface area contributed by atoms with Gasteiger partial charge in [0.25, 0.3) is 11.5 Å². The number of carbonyl (C=O) groups is 2. The van der Waals surface area contributed by atoms with Crippen LogP contribution < -0.4 is 10.9 Å². The van der Waals surface area contributed by atoms with E-state index in [9.17, 15) is 23.0 Å². The lowest BCUT2D eigenvalue weighted by Gasteiger charge is -2.23. The molecule has 11 nitrogen and oxygen atoms in total. The Morgan fingerprint density at radius 1 is 1.31 bits per heavy atom. The van der Waals surface area contributed by atoms with Crippen molar-refractivity contribution in [1.29, 1.82) is 0 Å². The van der Waals surface area contributed by atoms with Crippen LogP contribution in [0.5, 0.6) is 0 Å². The van der Waals surface area contributed by atoms with Gasteiger partial charge in [-0.3, -0.25) is 14.4 Å². The molecule has 0 spiro atoms. The van der Waals surface area contributed by atoms with Gasteiger partial charge in [-0.25, -0.2) is 17.9 Å². The molecule has 35 heavy (non-hydrogen) atoms. The lowest BCUT2D eigenvalue weighted by Crippen LogP contribution is -2.38. The number of hydrogen-bond donors (Lipinski definition) is 1. The number of nitrogens with one attached hydrogen (secondary N) is 1. The van der Waals surface area contributed by atoms with E-state index in [0.29, 0.717) is 37.3 Å². The average molecular weight is 502 g/mol. The number of halogens is 1. The van der Waals surface area contributed by atoms with E-state index in [-0.39, 0.29) is 42.1 Å². The number of fused-ring (bicyclic) bond motifs is 2. The average Bonchev–Trinajstić information content (AvgIpc) is 3.55. The number of anilines is 1. The first-order valence-electron chi connectivity index (χ1n) is 11.2. The second-order valence-corrected chi connectivity index (χ2v) is 9.94. The van der Waals surface area contributed by atoms with E-state index in [1.54, 1.807) is 21.5 Å². The fourth-order valence-corrected chi connectivity index (χ4v) is 5.38. The molecule has 5 heterocycles. The summed E-state index contributed by atoms with van der Waals surface area (Å²) in [5.41, 5.74) is 1.03. The molecule has 0 aromatic carbocycles. The van der Waals surface area contributed by atoms with Crippen LogP contribution in [0, 0.1) is 5.82 Å².